The highest BCUT2D eigenvalue weighted by Gasteiger charge is 2.28. The Bertz CT molecular complexity index is 202. The van der Waals surface area contributed by atoms with Crippen LogP contribution in [0.1, 0.15) is 34.1 Å². The van der Waals surface area contributed by atoms with Crippen LogP contribution in [0, 0.1) is 11.3 Å². The third-order valence-electron chi connectivity index (χ3n) is 3.10. The van der Waals surface area contributed by atoms with E-state index in [1.807, 2.05) is 6.92 Å². The fraction of sp³-hybridized carbons (Fsp3) is 0.909. The topological polar surface area (TPSA) is 41.1 Å². The molecule has 3 nitrogen and oxygen atoms in total. The molecule has 0 saturated carbocycles. The van der Waals surface area contributed by atoms with Crippen molar-refractivity contribution in [2.75, 3.05) is 13.1 Å². The summed E-state index contributed by atoms with van der Waals surface area (Å²) in [5.41, 5.74) is 0.0517. The number of hydrogen-bond acceptors (Lipinski definition) is 2. The summed E-state index contributed by atoms with van der Waals surface area (Å²) in [5.74, 6) is 0.259. The Morgan fingerprint density at radius 3 is 2.57 bits per heavy atom. The van der Waals surface area contributed by atoms with Gasteiger partial charge in [0.05, 0.1) is 0 Å². The number of rotatable bonds is 2. The Hall–Kier alpha value is -0.570. The minimum Gasteiger partial charge on any atom is -0.352 e. The standard InChI is InChI=1S/C11H22N2O/c1-8(11(2,3)4)10(14)13-9-5-6-12-7-9/h8-9,12H,5-7H2,1-4H3,(H,13,14). The Labute approximate surface area is 86.6 Å². The molecule has 1 rings (SSSR count). The van der Waals surface area contributed by atoms with Crippen LogP contribution in [0.4, 0.5) is 0 Å². The van der Waals surface area contributed by atoms with E-state index in [0.29, 0.717) is 6.04 Å². The largest absolute Gasteiger partial charge is 0.352 e. The SMILES string of the molecule is CC(C(=O)NC1CCNC1)C(C)(C)C. The molecule has 0 spiro atoms. The van der Waals surface area contributed by atoms with Crippen LogP contribution in [0.3, 0.4) is 0 Å². The number of nitrogens with one attached hydrogen (secondary N) is 2. The summed E-state index contributed by atoms with van der Waals surface area (Å²) in [5, 5.41) is 6.32. The molecule has 1 amide bonds. The second kappa shape index (κ2) is 4.30. The summed E-state index contributed by atoms with van der Waals surface area (Å²) in [6.45, 7) is 10.2. The van der Waals surface area contributed by atoms with Gasteiger partial charge in [-0.2, -0.15) is 0 Å². The van der Waals surface area contributed by atoms with Gasteiger partial charge in [-0.1, -0.05) is 27.7 Å². The molecule has 2 atom stereocenters. The van der Waals surface area contributed by atoms with Gasteiger partial charge in [0.15, 0.2) is 0 Å². The monoisotopic (exact) mass is 198 g/mol. The molecule has 0 aliphatic carbocycles. The van der Waals surface area contributed by atoms with Gasteiger partial charge in [0.1, 0.15) is 0 Å². The van der Waals surface area contributed by atoms with E-state index in [0.717, 1.165) is 19.5 Å². The molecule has 2 N–H and O–H groups in total. The highest BCUT2D eigenvalue weighted by Crippen LogP contribution is 2.25. The van der Waals surface area contributed by atoms with Crippen LogP contribution in [0.15, 0.2) is 0 Å². The van der Waals surface area contributed by atoms with Gasteiger partial charge in [-0.3, -0.25) is 4.79 Å². The first-order chi connectivity index (χ1) is 6.41. The molecule has 1 saturated heterocycles. The lowest BCUT2D eigenvalue weighted by Gasteiger charge is -2.27. The molecule has 0 bridgehead atoms. The van der Waals surface area contributed by atoms with Crippen molar-refractivity contribution in [3.8, 4) is 0 Å². The second-order valence-corrected chi connectivity index (χ2v) is 5.29. The molecular formula is C11H22N2O. The van der Waals surface area contributed by atoms with Crippen molar-refractivity contribution >= 4 is 5.91 Å². The molecule has 82 valence electrons. The summed E-state index contributed by atoms with van der Waals surface area (Å²) in [6, 6.07) is 0.340. The molecule has 0 radical (unpaired) electrons. The predicted molar refractivity (Wildman–Crippen MR) is 58.0 cm³/mol. The van der Waals surface area contributed by atoms with Crippen molar-refractivity contribution in [2.45, 2.75) is 40.2 Å². The number of carbonyl (C=O) groups excluding carboxylic acids is 1. The Kier molecular flexibility index (Phi) is 3.53. The van der Waals surface area contributed by atoms with E-state index in [2.05, 4.69) is 31.4 Å². The highest BCUT2D eigenvalue weighted by atomic mass is 16.2. The van der Waals surface area contributed by atoms with E-state index in [4.69, 9.17) is 0 Å². The first-order valence-corrected chi connectivity index (χ1v) is 5.42. The highest BCUT2D eigenvalue weighted by molar-refractivity contribution is 5.79. The van der Waals surface area contributed by atoms with E-state index < -0.39 is 0 Å². The van der Waals surface area contributed by atoms with Crippen molar-refractivity contribution in [3.05, 3.63) is 0 Å². The quantitative estimate of drug-likeness (QED) is 0.699. The third kappa shape index (κ3) is 2.98. The molecule has 0 aromatic rings. The first kappa shape index (κ1) is 11.5. The van der Waals surface area contributed by atoms with Crippen LogP contribution in [0.25, 0.3) is 0 Å². The van der Waals surface area contributed by atoms with Crippen molar-refractivity contribution in [3.63, 3.8) is 0 Å². The summed E-state index contributed by atoms with van der Waals surface area (Å²) in [6.07, 6.45) is 1.06. The lowest BCUT2D eigenvalue weighted by atomic mass is 9.81. The maximum absolute atomic E-state index is 11.8. The molecule has 1 aliphatic heterocycles. The predicted octanol–water partition coefficient (Wildman–Crippen LogP) is 1.15. The summed E-state index contributed by atoms with van der Waals surface area (Å²) in [4.78, 5) is 11.8. The third-order valence-corrected chi connectivity index (χ3v) is 3.10. The number of carbonyl (C=O) groups is 1. The van der Waals surface area contributed by atoms with Crippen LogP contribution >= 0.6 is 0 Å². The normalized spacial score (nSPS) is 24.7. The van der Waals surface area contributed by atoms with E-state index in [-0.39, 0.29) is 17.2 Å². The van der Waals surface area contributed by atoms with Gasteiger partial charge in [-0.25, -0.2) is 0 Å². The fourth-order valence-corrected chi connectivity index (χ4v) is 1.50. The van der Waals surface area contributed by atoms with Gasteiger partial charge in [-0.05, 0) is 18.4 Å². The average molecular weight is 198 g/mol. The summed E-state index contributed by atoms with van der Waals surface area (Å²) in [7, 11) is 0. The maximum Gasteiger partial charge on any atom is 0.223 e. The van der Waals surface area contributed by atoms with Gasteiger partial charge < -0.3 is 10.6 Å². The van der Waals surface area contributed by atoms with E-state index in [9.17, 15) is 4.79 Å². The molecular weight excluding hydrogens is 176 g/mol. The smallest absolute Gasteiger partial charge is 0.223 e. The van der Waals surface area contributed by atoms with Crippen LogP contribution in [-0.4, -0.2) is 25.0 Å². The number of hydrogen-bond donors (Lipinski definition) is 2. The van der Waals surface area contributed by atoms with Crippen LogP contribution in [-0.2, 0) is 4.79 Å². The zero-order chi connectivity index (χ0) is 10.8. The Morgan fingerprint density at radius 2 is 2.14 bits per heavy atom. The average Bonchev–Trinajstić information content (AvgIpc) is 2.53. The molecule has 1 aliphatic rings. The summed E-state index contributed by atoms with van der Waals surface area (Å²) < 4.78 is 0. The van der Waals surface area contributed by atoms with Gasteiger partial charge in [0.25, 0.3) is 0 Å². The zero-order valence-corrected chi connectivity index (χ0v) is 9.68. The number of amides is 1. The lowest BCUT2D eigenvalue weighted by molar-refractivity contribution is -0.128. The van der Waals surface area contributed by atoms with Gasteiger partial charge in [0, 0.05) is 18.5 Å². The van der Waals surface area contributed by atoms with E-state index >= 15 is 0 Å². The maximum atomic E-state index is 11.8. The fourth-order valence-electron chi connectivity index (χ4n) is 1.50. The summed E-state index contributed by atoms with van der Waals surface area (Å²) >= 11 is 0. The minimum atomic E-state index is 0.0517. The van der Waals surface area contributed by atoms with Crippen molar-refractivity contribution in [2.24, 2.45) is 11.3 Å². The van der Waals surface area contributed by atoms with Crippen LogP contribution in [0.2, 0.25) is 0 Å². The lowest BCUT2D eigenvalue weighted by Crippen LogP contribution is -2.42. The molecule has 1 heterocycles. The molecule has 0 aromatic carbocycles. The zero-order valence-electron chi connectivity index (χ0n) is 9.68. The van der Waals surface area contributed by atoms with E-state index in [1.54, 1.807) is 0 Å². The molecule has 1 fully saturated rings. The molecule has 14 heavy (non-hydrogen) atoms. The molecule has 2 unspecified atom stereocenters. The molecule has 0 aromatic heterocycles. The van der Waals surface area contributed by atoms with E-state index in [1.165, 1.54) is 0 Å². The Morgan fingerprint density at radius 1 is 1.50 bits per heavy atom. The van der Waals surface area contributed by atoms with Gasteiger partial charge >= 0.3 is 0 Å². The van der Waals surface area contributed by atoms with Gasteiger partial charge in [0.2, 0.25) is 5.91 Å². The minimum absolute atomic E-state index is 0.0517. The van der Waals surface area contributed by atoms with Gasteiger partial charge in [-0.15, -0.1) is 0 Å². The van der Waals surface area contributed by atoms with Crippen LogP contribution < -0.4 is 10.6 Å². The van der Waals surface area contributed by atoms with Crippen LogP contribution in [0.5, 0.6) is 0 Å². The molecule has 3 heteroatoms. The van der Waals surface area contributed by atoms with Crippen molar-refractivity contribution < 1.29 is 4.79 Å². The van der Waals surface area contributed by atoms with Crippen molar-refractivity contribution in [1.82, 2.24) is 10.6 Å². The first-order valence-electron chi connectivity index (χ1n) is 5.42. The Balaban J connectivity index is 2.41. The van der Waals surface area contributed by atoms with Crippen molar-refractivity contribution in [1.29, 1.82) is 0 Å². The second-order valence-electron chi connectivity index (χ2n) is 5.29.